The van der Waals surface area contributed by atoms with Crippen LogP contribution in [0.2, 0.25) is 0 Å². The van der Waals surface area contributed by atoms with E-state index in [9.17, 15) is 13.2 Å². The molecule has 0 N–H and O–H groups in total. The number of hydrogen-bond acceptors (Lipinski definition) is 4. The van der Waals surface area contributed by atoms with Crippen LogP contribution in [0.3, 0.4) is 0 Å². The van der Waals surface area contributed by atoms with E-state index in [0.29, 0.717) is 0 Å². The highest BCUT2D eigenvalue weighted by Gasteiger charge is 2.29. The summed E-state index contributed by atoms with van der Waals surface area (Å²) >= 11 is 0. The lowest BCUT2D eigenvalue weighted by molar-refractivity contribution is 0.0526. The third-order valence-electron chi connectivity index (χ3n) is 4.11. The number of carbonyl (C=O) groups excluding carboxylic acids is 1. The fourth-order valence-electron chi connectivity index (χ4n) is 2.81. The average molecular weight is 325 g/mol. The second-order valence-corrected chi connectivity index (χ2v) is 7.56. The fourth-order valence-corrected chi connectivity index (χ4v) is 4.27. The van der Waals surface area contributed by atoms with Crippen molar-refractivity contribution in [2.24, 2.45) is 0 Å². The van der Waals surface area contributed by atoms with Crippen LogP contribution in [0.5, 0.6) is 0 Å². The van der Waals surface area contributed by atoms with Gasteiger partial charge in [0.05, 0.1) is 17.1 Å². The highest BCUT2D eigenvalue weighted by molar-refractivity contribution is 7.89. The van der Waals surface area contributed by atoms with Gasteiger partial charge in [0.1, 0.15) is 0 Å². The monoisotopic (exact) mass is 325 g/mol. The average Bonchev–Trinajstić information content (AvgIpc) is 2.55. The molecule has 5 nitrogen and oxygen atoms in total. The number of nitrogens with zero attached hydrogens (tertiary/aromatic N) is 1. The first-order valence-corrected chi connectivity index (χ1v) is 9.16. The van der Waals surface area contributed by atoms with Gasteiger partial charge >= 0.3 is 5.97 Å². The number of carbonyl (C=O) groups is 1. The van der Waals surface area contributed by atoms with E-state index in [1.165, 1.54) is 22.9 Å². The Hall–Kier alpha value is -1.40. The molecule has 0 radical (unpaired) electrons. The fraction of sp³-hybridized carbons (Fsp3) is 0.562. The summed E-state index contributed by atoms with van der Waals surface area (Å²) < 4.78 is 31.9. The van der Waals surface area contributed by atoms with Crippen LogP contribution in [0.25, 0.3) is 0 Å². The quantitative estimate of drug-likeness (QED) is 0.781. The maximum Gasteiger partial charge on any atom is 0.338 e. The van der Waals surface area contributed by atoms with Gasteiger partial charge in [-0.05, 0) is 38.0 Å². The van der Waals surface area contributed by atoms with Gasteiger partial charge in [0.25, 0.3) is 0 Å². The molecule has 1 fully saturated rings. The zero-order valence-electron chi connectivity index (χ0n) is 13.1. The van der Waals surface area contributed by atoms with Crippen molar-refractivity contribution in [2.45, 2.75) is 50.0 Å². The molecular weight excluding hydrogens is 302 g/mol. The summed E-state index contributed by atoms with van der Waals surface area (Å²) in [5.74, 6) is -0.500. The van der Waals surface area contributed by atoms with Crippen LogP contribution in [-0.2, 0) is 14.8 Å². The predicted octanol–water partition coefficient (Wildman–Crippen LogP) is 2.82. The highest BCUT2D eigenvalue weighted by Crippen LogP contribution is 2.26. The van der Waals surface area contributed by atoms with E-state index in [-0.39, 0.29) is 23.1 Å². The van der Waals surface area contributed by atoms with Crippen molar-refractivity contribution in [1.29, 1.82) is 0 Å². The van der Waals surface area contributed by atoms with Crippen molar-refractivity contribution in [1.82, 2.24) is 4.31 Å². The van der Waals surface area contributed by atoms with E-state index in [1.54, 1.807) is 26.1 Å². The van der Waals surface area contributed by atoms with Crippen molar-refractivity contribution < 1.29 is 17.9 Å². The van der Waals surface area contributed by atoms with E-state index < -0.39 is 16.0 Å². The first kappa shape index (κ1) is 17.0. The molecule has 1 aliphatic rings. The van der Waals surface area contributed by atoms with Gasteiger partial charge < -0.3 is 4.74 Å². The molecular formula is C16H23NO4S. The lowest BCUT2D eigenvalue weighted by atomic mass is 9.96. The second kappa shape index (κ2) is 7.24. The number of sulfonamides is 1. The minimum atomic E-state index is -3.58. The van der Waals surface area contributed by atoms with Crippen molar-refractivity contribution >= 4 is 16.0 Å². The zero-order chi connectivity index (χ0) is 16.2. The van der Waals surface area contributed by atoms with Crippen LogP contribution in [0, 0.1) is 0 Å². The molecule has 2 rings (SSSR count). The van der Waals surface area contributed by atoms with E-state index in [1.807, 2.05) is 0 Å². The van der Waals surface area contributed by atoms with E-state index in [2.05, 4.69) is 0 Å². The van der Waals surface area contributed by atoms with Crippen molar-refractivity contribution in [3.05, 3.63) is 29.8 Å². The van der Waals surface area contributed by atoms with Crippen molar-refractivity contribution in [3.8, 4) is 0 Å². The number of ether oxygens (including phenoxy) is 1. The van der Waals surface area contributed by atoms with Gasteiger partial charge in [-0.15, -0.1) is 0 Å². The lowest BCUT2D eigenvalue weighted by Gasteiger charge is -2.30. The summed E-state index contributed by atoms with van der Waals surface area (Å²) in [6, 6.07) is 6.11. The van der Waals surface area contributed by atoms with Crippen molar-refractivity contribution in [2.75, 3.05) is 13.7 Å². The maximum absolute atomic E-state index is 12.7. The first-order valence-electron chi connectivity index (χ1n) is 7.72. The largest absolute Gasteiger partial charge is 0.462 e. The topological polar surface area (TPSA) is 63.7 Å². The van der Waals surface area contributed by atoms with E-state index >= 15 is 0 Å². The molecule has 0 spiro atoms. The molecule has 0 unspecified atom stereocenters. The van der Waals surface area contributed by atoms with Crippen LogP contribution in [0.4, 0.5) is 0 Å². The standard InChI is InChI=1S/C16H23NO4S/c1-3-21-16(18)13-8-7-11-15(12-13)22(19,20)17(2)14-9-5-4-6-10-14/h7-8,11-12,14H,3-6,9-10H2,1-2H3. The molecule has 0 aliphatic heterocycles. The molecule has 22 heavy (non-hydrogen) atoms. The normalized spacial score (nSPS) is 16.7. The summed E-state index contributed by atoms with van der Waals surface area (Å²) in [5.41, 5.74) is 0.264. The first-order chi connectivity index (χ1) is 10.5. The van der Waals surface area contributed by atoms with Gasteiger partial charge in [0, 0.05) is 13.1 Å². The minimum absolute atomic E-state index is 0.0463. The molecule has 1 aliphatic carbocycles. The third-order valence-corrected chi connectivity index (χ3v) is 6.02. The van der Waals surface area contributed by atoms with E-state index in [0.717, 1.165) is 25.7 Å². The molecule has 0 heterocycles. The Morgan fingerprint density at radius 2 is 1.95 bits per heavy atom. The molecule has 1 saturated carbocycles. The van der Waals surface area contributed by atoms with Gasteiger partial charge in [-0.3, -0.25) is 0 Å². The van der Waals surface area contributed by atoms with Crippen LogP contribution in [0.1, 0.15) is 49.4 Å². The highest BCUT2D eigenvalue weighted by atomic mass is 32.2. The minimum Gasteiger partial charge on any atom is -0.462 e. The predicted molar refractivity (Wildman–Crippen MR) is 84.2 cm³/mol. The molecule has 0 bridgehead atoms. The molecule has 122 valence electrons. The Balaban J connectivity index is 2.25. The number of hydrogen-bond donors (Lipinski definition) is 0. The van der Waals surface area contributed by atoms with Crippen LogP contribution in [0.15, 0.2) is 29.2 Å². The van der Waals surface area contributed by atoms with Crippen LogP contribution in [-0.4, -0.2) is 38.4 Å². The van der Waals surface area contributed by atoms with Gasteiger partial charge in [-0.25, -0.2) is 13.2 Å². The Bertz CT molecular complexity index is 621. The van der Waals surface area contributed by atoms with Crippen molar-refractivity contribution in [3.63, 3.8) is 0 Å². The summed E-state index contributed by atoms with van der Waals surface area (Å²) in [7, 11) is -1.96. The molecule has 0 aromatic heterocycles. The lowest BCUT2D eigenvalue weighted by Crippen LogP contribution is -2.38. The van der Waals surface area contributed by atoms with Gasteiger partial charge in [-0.2, -0.15) is 4.31 Å². The maximum atomic E-state index is 12.7. The number of benzene rings is 1. The Morgan fingerprint density at radius 3 is 2.59 bits per heavy atom. The number of esters is 1. The molecule has 1 aromatic rings. The molecule has 0 amide bonds. The molecule has 1 aromatic carbocycles. The summed E-state index contributed by atoms with van der Waals surface area (Å²) in [6.45, 7) is 1.98. The summed E-state index contributed by atoms with van der Waals surface area (Å²) in [6.07, 6.45) is 5.09. The second-order valence-electron chi connectivity index (χ2n) is 5.56. The molecule has 6 heteroatoms. The zero-order valence-corrected chi connectivity index (χ0v) is 13.9. The Labute approximate surface area is 132 Å². The van der Waals surface area contributed by atoms with Gasteiger partial charge in [-0.1, -0.05) is 25.3 Å². The molecule has 0 saturated heterocycles. The summed E-state index contributed by atoms with van der Waals surface area (Å²) in [5, 5.41) is 0. The summed E-state index contributed by atoms with van der Waals surface area (Å²) in [4.78, 5) is 11.9. The van der Waals surface area contributed by atoms with Crippen LogP contribution >= 0.6 is 0 Å². The smallest absolute Gasteiger partial charge is 0.338 e. The number of rotatable bonds is 5. The van der Waals surface area contributed by atoms with E-state index in [4.69, 9.17) is 4.74 Å². The Morgan fingerprint density at radius 1 is 1.27 bits per heavy atom. The van der Waals surface area contributed by atoms with Crippen LogP contribution < -0.4 is 0 Å². The Kier molecular flexibility index (Phi) is 5.58. The van der Waals surface area contributed by atoms with Gasteiger partial charge in [0.2, 0.25) is 10.0 Å². The van der Waals surface area contributed by atoms with Gasteiger partial charge in [0.15, 0.2) is 0 Å². The SMILES string of the molecule is CCOC(=O)c1cccc(S(=O)(=O)N(C)C2CCCCC2)c1. The molecule has 0 atom stereocenters. The third kappa shape index (κ3) is 3.67.